The predicted octanol–water partition coefficient (Wildman–Crippen LogP) is 7.09. The number of hydrogen-bond donors (Lipinski definition) is 3. The molecule has 3 atom stereocenters. The number of anilines is 1. The highest BCUT2D eigenvalue weighted by Crippen LogP contribution is 2.42. The summed E-state index contributed by atoms with van der Waals surface area (Å²) in [7, 11) is 0. The third kappa shape index (κ3) is 9.57. The molecule has 3 rings (SSSR count). The van der Waals surface area contributed by atoms with Crippen molar-refractivity contribution >= 4 is 23.6 Å². The van der Waals surface area contributed by atoms with E-state index in [-0.39, 0.29) is 34.6 Å². The Labute approximate surface area is 256 Å². The zero-order valence-corrected chi connectivity index (χ0v) is 25.9. The zero-order valence-electron chi connectivity index (χ0n) is 25.9. The predicted molar refractivity (Wildman–Crippen MR) is 157 cm³/mol. The van der Waals surface area contributed by atoms with Crippen LogP contribution in [0.1, 0.15) is 109 Å². The van der Waals surface area contributed by atoms with Crippen LogP contribution < -0.4 is 16.0 Å². The van der Waals surface area contributed by atoms with Crippen molar-refractivity contribution in [2.24, 2.45) is 17.8 Å². The summed E-state index contributed by atoms with van der Waals surface area (Å²) in [6.07, 6.45) is 2.77. The van der Waals surface area contributed by atoms with E-state index in [9.17, 15) is 32.8 Å². The van der Waals surface area contributed by atoms with E-state index >= 15 is 4.39 Å². The van der Waals surface area contributed by atoms with E-state index in [4.69, 9.17) is 4.74 Å². The molecule has 2 saturated carbocycles. The number of carbonyl (C=O) groups excluding carboxylic acids is 3. The Balaban J connectivity index is 1.94. The smallest absolute Gasteiger partial charge is 0.408 e. The highest BCUT2D eigenvalue weighted by molar-refractivity contribution is 5.97. The highest BCUT2D eigenvalue weighted by atomic mass is 19.3. The number of alkyl halides is 3. The number of rotatable bonds is 10. The van der Waals surface area contributed by atoms with E-state index < -0.39 is 54.0 Å². The lowest BCUT2D eigenvalue weighted by Gasteiger charge is -2.42. The molecule has 2 fully saturated rings. The van der Waals surface area contributed by atoms with Crippen LogP contribution in [0.3, 0.4) is 0 Å². The Kier molecular flexibility index (Phi) is 12.4. The average Bonchev–Trinajstić information content (AvgIpc) is 2.97. The van der Waals surface area contributed by atoms with Gasteiger partial charge in [-0.05, 0) is 63.1 Å². The third-order valence-corrected chi connectivity index (χ3v) is 8.61. The minimum absolute atomic E-state index is 0.160. The molecule has 8 nitrogen and oxygen atoms in total. The molecule has 2 unspecified atom stereocenters. The van der Waals surface area contributed by atoms with Crippen LogP contribution in [0.15, 0.2) is 12.1 Å². The topological polar surface area (TPSA) is 120 Å². The van der Waals surface area contributed by atoms with Crippen LogP contribution in [0.2, 0.25) is 0 Å². The summed E-state index contributed by atoms with van der Waals surface area (Å²) in [4.78, 5) is 39.3. The molecule has 1 aromatic rings. The standard InChI is InChI=1S/C32H44F4N4O4/c1-18(29(41)40-28(36)27(34)35)22-16-23(33)24(15-21(22)17-37)38-30(42)26(39-31(43)44-32(2,3)4)25(19-11-7-5-8-12-19)20-13-9-6-10-14-20/h15-16,18-20,25-28H,5-14H2,1-4H3,(H,38,42)(H,39,43)(H,40,41)/t18?,26-,28?/m0/s1. The number of nitrogens with zero attached hydrogens (tertiary/aromatic N) is 1. The number of amides is 3. The van der Waals surface area contributed by atoms with Crippen molar-refractivity contribution < 1.29 is 36.7 Å². The molecular weight excluding hydrogens is 580 g/mol. The van der Waals surface area contributed by atoms with E-state index in [2.05, 4.69) is 10.6 Å². The molecule has 3 amide bonds. The fourth-order valence-corrected chi connectivity index (χ4v) is 6.55. The van der Waals surface area contributed by atoms with Gasteiger partial charge in [-0.3, -0.25) is 9.59 Å². The molecule has 0 radical (unpaired) electrons. The Hall–Kier alpha value is -3.36. The molecule has 0 aliphatic heterocycles. The molecule has 3 N–H and O–H groups in total. The quantitative estimate of drug-likeness (QED) is 0.190. The van der Waals surface area contributed by atoms with E-state index in [1.54, 1.807) is 20.8 Å². The first-order valence-corrected chi connectivity index (χ1v) is 15.5. The van der Waals surface area contributed by atoms with Gasteiger partial charge in [-0.1, -0.05) is 64.2 Å². The number of nitriles is 1. The van der Waals surface area contributed by atoms with Crippen molar-refractivity contribution in [2.45, 2.75) is 122 Å². The van der Waals surface area contributed by atoms with Crippen LogP contribution in [-0.2, 0) is 14.3 Å². The van der Waals surface area contributed by atoms with Gasteiger partial charge < -0.3 is 20.7 Å². The maximum absolute atomic E-state index is 15.4. The summed E-state index contributed by atoms with van der Waals surface area (Å²) in [6, 6.07) is 2.69. The van der Waals surface area contributed by atoms with Crippen molar-refractivity contribution in [3.05, 3.63) is 29.1 Å². The molecule has 0 heterocycles. The van der Waals surface area contributed by atoms with Gasteiger partial charge in [-0.15, -0.1) is 0 Å². The van der Waals surface area contributed by atoms with Crippen LogP contribution in [0.4, 0.5) is 28.0 Å². The minimum Gasteiger partial charge on any atom is -0.444 e. The second-order valence-electron chi connectivity index (χ2n) is 13.0. The van der Waals surface area contributed by atoms with Gasteiger partial charge >= 0.3 is 6.09 Å². The van der Waals surface area contributed by atoms with Crippen molar-refractivity contribution in [2.75, 3.05) is 5.32 Å². The van der Waals surface area contributed by atoms with Gasteiger partial charge in [-0.25, -0.2) is 22.4 Å². The Morgan fingerprint density at radius 1 is 0.909 bits per heavy atom. The monoisotopic (exact) mass is 624 g/mol. The maximum Gasteiger partial charge on any atom is 0.408 e. The highest BCUT2D eigenvalue weighted by Gasteiger charge is 2.42. The lowest BCUT2D eigenvalue weighted by Crippen LogP contribution is -2.54. The number of halogens is 4. The summed E-state index contributed by atoms with van der Waals surface area (Å²) < 4.78 is 59.5. The first-order valence-electron chi connectivity index (χ1n) is 15.5. The number of hydrogen-bond acceptors (Lipinski definition) is 5. The van der Waals surface area contributed by atoms with E-state index in [1.165, 1.54) is 12.2 Å². The summed E-state index contributed by atoms with van der Waals surface area (Å²) in [6.45, 7) is 6.36. The average molecular weight is 625 g/mol. The molecule has 2 aliphatic carbocycles. The molecule has 0 spiro atoms. The van der Waals surface area contributed by atoms with Crippen LogP contribution in [-0.4, -0.2) is 42.3 Å². The minimum atomic E-state index is -3.45. The maximum atomic E-state index is 15.4. The first-order chi connectivity index (χ1) is 20.7. The van der Waals surface area contributed by atoms with E-state index in [0.29, 0.717) is 0 Å². The van der Waals surface area contributed by atoms with E-state index in [1.807, 2.05) is 6.07 Å². The summed E-state index contributed by atoms with van der Waals surface area (Å²) >= 11 is 0. The van der Waals surface area contributed by atoms with Gasteiger partial charge in [-0.2, -0.15) is 5.26 Å². The van der Waals surface area contributed by atoms with Crippen molar-refractivity contribution in [1.29, 1.82) is 5.26 Å². The van der Waals surface area contributed by atoms with Gasteiger partial charge in [0.25, 0.3) is 6.43 Å². The molecule has 0 saturated heterocycles. The molecule has 0 aromatic heterocycles. The third-order valence-electron chi connectivity index (χ3n) is 8.61. The SMILES string of the molecule is CC(C(=O)NC(F)C(F)F)c1cc(F)c(NC(=O)[C@@H](NC(=O)OC(C)(C)C)C(C2CCCCC2)C2CCCCC2)cc1C#N. The van der Waals surface area contributed by atoms with Crippen molar-refractivity contribution in [3.63, 3.8) is 0 Å². The Morgan fingerprint density at radius 2 is 1.45 bits per heavy atom. The molecular formula is C32H44F4N4O4. The van der Waals surface area contributed by atoms with Crippen LogP contribution >= 0.6 is 0 Å². The molecule has 12 heteroatoms. The molecule has 0 bridgehead atoms. The van der Waals surface area contributed by atoms with Crippen molar-refractivity contribution in [1.82, 2.24) is 10.6 Å². The lowest BCUT2D eigenvalue weighted by atomic mass is 9.66. The van der Waals surface area contributed by atoms with Gasteiger partial charge in [0.2, 0.25) is 18.1 Å². The van der Waals surface area contributed by atoms with Gasteiger partial charge in [0.05, 0.1) is 23.2 Å². The van der Waals surface area contributed by atoms with Gasteiger partial charge in [0, 0.05) is 0 Å². The lowest BCUT2D eigenvalue weighted by molar-refractivity contribution is -0.126. The first kappa shape index (κ1) is 35.1. The molecule has 244 valence electrons. The molecule has 1 aromatic carbocycles. The number of benzene rings is 1. The number of nitrogens with one attached hydrogen (secondary N) is 3. The largest absolute Gasteiger partial charge is 0.444 e. The van der Waals surface area contributed by atoms with Crippen LogP contribution in [0.5, 0.6) is 0 Å². The summed E-state index contributed by atoms with van der Waals surface area (Å²) in [5.41, 5.74) is -1.53. The second kappa shape index (κ2) is 15.6. The van der Waals surface area contributed by atoms with E-state index in [0.717, 1.165) is 76.3 Å². The zero-order chi connectivity index (χ0) is 32.6. The van der Waals surface area contributed by atoms with Crippen LogP contribution in [0.25, 0.3) is 0 Å². The molecule has 44 heavy (non-hydrogen) atoms. The molecule has 2 aliphatic rings. The summed E-state index contributed by atoms with van der Waals surface area (Å²) in [5, 5.41) is 16.6. The fourth-order valence-electron chi connectivity index (χ4n) is 6.55. The normalized spacial score (nSPS) is 18.7. The second-order valence-corrected chi connectivity index (χ2v) is 13.0. The van der Waals surface area contributed by atoms with Gasteiger partial charge in [0.15, 0.2) is 0 Å². The fraction of sp³-hybridized carbons (Fsp3) is 0.688. The number of alkyl carbamates (subject to hydrolysis) is 1. The Bertz CT molecular complexity index is 1190. The Morgan fingerprint density at radius 3 is 1.93 bits per heavy atom. The number of carbonyl (C=O) groups is 3. The number of ether oxygens (including phenoxy) is 1. The summed E-state index contributed by atoms with van der Waals surface area (Å²) in [5.74, 6) is -4.01. The van der Waals surface area contributed by atoms with Crippen molar-refractivity contribution in [3.8, 4) is 6.07 Å². The van der Waals surface area contributed by atoms with Gasteiger partial charge in [0.1, 0.15) is 17.5 Å². The van der Waals surface area contributed by atoms with Crippen LogP contribution in [0, 0.1) is 34.9 Å².